The summed E-state index contributed by atoms with van der Waals surface area (Å²) in [6.07, 6.45) is 0. The van der Waals surface area contributed by atoms with Gasteiger partial charge in [-0.2, -0.15) is 0 Å². The minimum atomic E-state index is -1.07. The first kappa shape index (κ1) is 11.4. The molecule has 0 aliphatic carbocycles. The van der Waals surface area contributed by atoms with E-state index >= 15 is 0 Å². The van der Waals surface area contributed by atoms with Gasteiger partial charge in [-0.05, 0) is 32.9 Å². The van der Waals surface area contributed by atoms with Crippen molar-refractivity contribution in [2.24, 2.45) is 0 Å². The summed E-state index contributed by atoms with van der Waals surface area (Å²) < 4.78 is 5.38. The second-order valence-electron chi connectivity index (χ2n) is 4.11. The maximum Gasteiger partial charge on any atom is 0.358 e. The molecule has 0 unspecified atom stereocenters. The third kappa shape index (κ3) is 2.20. The average molecular weight is 231 g/mol. The van der Waals surface area contributed by atoms with E-state index in [4.69, 9.17) is 9.52 Å². The van der Waals surface area contributed by atoms with Crippen LogP contribution in [0.15, 0.2) is 22.6 Å². The normalized spacial score (nSPS) is 10.5. The molecular formula is C13H13NO3. The van der Waals surface area contributed by atoms with Gasteiger partial charge in [-0.3, -0.25) is 0 Å². The summed E-state index contributed by atoms with van der Waals surface area (Å²) in [5.74, 6) is -0.389. The number of benzene rings is 1. The van der Waals surface area contributed by atoms with Crippen molar-refractivity contribution in [3.8, 4) is 11.5 Å². The number of carboxylic acids is 1. The number of carboxylic acid groups (broad SMARTS) is 1. The predicted octanol–water partition coefficient (Wildman–Crippen LogP) is 2.97. The van der Waals surface area contributed by atoms with Crippen LogP contribution in [0.3, 0.4) is 0 Å². The van der Waals surface area contributed by atoms with E-state index in [1.54, 1.807) is 6.92 Å². The Morgan fingerprint density at radius 3 is 2.24 bits per heavy atom. The number of oxazole rings is 1. The van der Waals surface area contributed by atoms with Crippen molar-refractivity contribution in [2.45, 2.75) is 20.8 Å². The van der Waals surface area contributed by atoms with Crippen molar-refractivity contribution in [3.05, 3.63) is 40.8 Å². The minimum absolute atomic E-state index is 0.0286. The van der Waals surface area contributed by atoms with Crippen LogP contribution >= 0.6 is 0 Å². The third-order valence-corrected chi connectivity index (χ3v) is 2.47. The Kier molecular flexibility index (Phi) is 2.71. The summed E-state index contributed by atoms with van der Waals surface area (Å²) in [7, 11) is 0. The molecule has 2 rings (SSSR count). The van der Waals surface area contributed by atoms with Crippen molar-refractivity contribution in [2.75, 3.05) is 0 Å². The minimum Gasteiger partial charge on any atom is -0.476 e. The molecule has 0 saturated carbocycles. The monoisotopic (exact) mass is 231 g/mol. The molecule has 0 fully saturated rings. The fraction of sp³-hybridized carbons (Fsp3) is 0.231. The van der Waals surface area contributed by atoms with Gasteiger partial charge in [0.1, 0.15) is 5.76 Å². The lowest BCUT2D eigenvalue weighted by Crippen LogP contribution is -1.98. The zero-order valence-corrected chi connectivity index (χ0v) is 9.94. The first-order chi connectivity index (χ1) is 7.97. The SMILES string of the molecule is Cc1cc(C)cc(-c2nc(C(=O)O)c(C)o2)c1. The Hall–Kier alpha value is -2.10. The van der Waals surface area contributed by atoms with Gasteiger partial charge in [-0.1, -0.05) is 17.2 Å². The van der Waals surface area contributed by atoms with Crippen LogP contribution in [0.5, 0.6) is 0 Å². The highest BCUT2D eigenvalue weighted by Crippen LogP contribution is 2.23. The number of nitrogens with zero attached hydrogens (tertiary/aromatic N) is 1. The predicted molar refractivity (Wildman–Crippen MR) is 63.1 cm³/mol. The highest BCUT2D eigenvalue weighted by Gasteiger charge is 2.17. The Morgan fingerprint density at radius 1 is 1.18 bits per heavy atom. The van der Waals surface area contributed by atoms with Crippen LogP contribution in [0.2, 0.25) is 0 Å². The molecule has 1 heterocycles. The van der Waals surface area contributed by atoms with Gasteiger partial charge in [0, 0.05) is 5.56 Å². The maximum atomic E-state index is 10.9. The third-order valence-electron chi connectivity index (χ3n) is 2.47. The van der Waals surface area contributed by atoms with E-state index in [-0.39, 0.29) is 5.69 Å². The van der Waals surface area contributed by atoms with Crippen LogP contribution in [0, 0.1) is 20.8 Å². The van der Waals surface area contributed by atoms with Gasteiger partial charge < -0.3 is 9.52 Å². The largest absolute Gasteiger partial charge is 0.476 e. The molecule has 0 saturated heterocycles. The Labute approximate surface area is 98.9 Å². The number of aromatic nitrogens is 1. The fourth-order valence-electron chi connectivity index (χ4n) is 1.82. The van der Waals surface area contributed by atoms with E-state index in [1.165, 1.54) is 0 Å². The van der Waals surface area contributed by atoms with Crippen LogP contribution in [0.25, 0.3) is 11.5 Å². The Balaban J connectivity index is 2.53. The van der Waals surface area contributed by atoms with E-state index in [1.807, 2.05) is 32.0 Å². The molecule has 17 heavy (non-hydrogen) atoms. The molecule has 1 aromatic heterocycles. The van der Waals surface area contributed by atoms with E-state index in [9.17, 15) is 4.79 Å². The van der Waals surface area contributed by atoms with E-state index in [0.29, 0.717) is 11.7 Å². The van der Waals surface area contributed by atoms with Crippen molar-refractivity contribution in [1.82, 2.24) is 4.98 Å². The fourth-order valence-corrected chi connectivity index (χ4v) is 1.82. The maximum absolute atomic E-state index is 10.9. The van der Waals surface area contributed by atoms with Crippen molar-refractivity contribution in [3.63, 3.8) is 0 Å². The van der Waals surface area contributed by atoms with Gasteiger partial charge >= 0.3 is 5.97 Å². The van der Waals surface area contributed by atoms with E-state index < -0.39 is 5.97 Å². The molecule has 0 amide bonds. The van der Waals surface area contributed by atoms with Crippen molar-refractivity contribution >= 4 is 5.97 Å². The van der Waals surface area contributed by atoms with Crippen LogP contribution in [-0.4, -0.2) is 16.1 Å². The van der Waals surface area contributed by atoms with Crippen molar-refractivity contribution < 1.29 is 14.3 Å². The Morgan fingerprint density at radius 2 is 1.76 bits per heavy atom. The summed E-state index contributed by atoms with van der Waals surface area (Å²) in [6, 6.07) is 5.88. The van der Waals surface area contributed by atoms with Crippen LogP contribution in [-0.2, 0) is 0 Å². The summed E-state index contributed by atoms with van der Waals surface area (Å²) in [6.45, 7) is 5.55. The standard InChI is InChI=1S/C13H13NO3/c1-7-4-8(2)6-10(5-7)12-14-11(13(15)16)9(3)17-12/h4-6H,1-3H3,(H,15,16). The zero-order chi connectivity index (χ0) is 12.6. The lowest BCUT2D eigenvalue weighted by molar-refractivity contribution is 0.0689. The van der Waals surface area contributed by atoms with Gasteiger partial charge in [0.15, 0.2) is 5.69 Å². The molecular weight excluding hydrogens is 218 g/mol. The van der Waals surface area contributed by atoms with E-state index in [2.05, 4.69) is 4.98 Å². The molecule has 0 spiro atoms. The number of aromatic carboxylic acids is 1. The van der Waals surface area contributed by atoms with E-state index in [0.717, 1.165) is 16.7 Å². The van der Waals surface area contributed by atoms with Gasteiger partial charge in [-0.15, -0.1) is 0 Å². The average Bonchev–Trinajstić information content (AvgIpc) is 2.59. The first-order valence-electron chi connectivity index (χ1n) is 5.27. The summed E-state index contributed by atoms with van der Waals surface area (Å²) in [5.41, 5.74) is 2.96. The number of carbonyl (C=O) groups is 1. The summed E-state index contributed by atoms with van der Waals surface area (Å²) in [4.78, 5) is 14.9. The molecule has 0 bridgehead atoms. The molecule has 4 nitrogen and oxygen atoms in total. The lowest BCUT2D eigenvalue weighted by Gasteiger charge is -2.00. The number of rotatable bonds is 2. The molecule has 1 N–H and O–H groups in total. The van der Waals surface area contributed by atoms with Gasteiger partial charge in [0.2, 0.25) is 5.89 Å². The lowest BCUT2D eigenvalue weighted by atomic mass is 10.1. The topological polar surface area (TPSA) is 63.3 Å². The zero-order valence-electron chi connectivity index (χ0n) is 9.94. The molecule has 0 radical (unpaired) electrons. The second-order valence-corrected chi connectivity index (χ2v) is 4.11. The van der Waals surface area contributed by atoms with Crippen molar-refractivity contribution in [1.29, 1.82) is 0 Å². The molecule has 0 aliphatic rings. The highest BCUT2D eigenvalue weighted by molar-refractivity contribution is 5.87. The van der Waals surface area contributed by atoms with Crippen LogP contribution in [0.1, 0.15) is 27.4 Å². The van der Waals surface area contributed by atoms with Crippen LogP contribution < -0.4 is 0 Å². The van der Waals surface area contributed by atoms with Gasteiger partial charge in [-0.25, -0.2) is 9.78 Å². The molecule has 88 valence electrons. The number of aryl methyl sites for hydroxylation is 3. The molecule has 0 atom stereocenters. The number of hydrogen-bond acceptors (Lipinski definition) is 3. The first-order valence-corrected chi connectivity index (χ1v) is 5.27. The molecule has 1 aromatic carbocycles. The Bertz CT molecular complexity index is 564. The van der Waals surface area contributed by atoms with Gasteiger partial charge in [0.05, 0.1) is 0 Å². The molecule has 2 aromatic rings. The summed E-state index contributed by atoms with van der Waals surface area (Å²) >= 11 is 0. The number of hydrogen-bond donors (Lipinski definition) is 1. The van der Waals surface area contributed by atoms with Gasteiger partial charge in [0.25, 0.3) is 0 Å². The smallest absolute Gasteiger partial charge is 0.358 e. The van der Waals surface area contributed by atoms with Crippen LogP contribution in [0.4, 0.5) is 0 Å². The summed E-state index contributed by atoms with van der Waals surface area (Å²) in [5, 5.41) is 8.91. The molecule has 4 heteroatoms. The quantitative estimate of drug-likeness (QED) is 0.863. The second kappa shape index (κ2) is 4.05. The highest BCUT2D eigenvalue weighted by atomic mass is 16.4. The molecule has 0 aliphatic heterocycles.